The van der Waals surface area contributed by atoms with E-state index in [1.807, 2.05) is 0 Å². The minimum absolute atomic E-state index is 0.0668. The Morgan fingerprint density at radius 1 is 1.28 bits per heavy atom. The Labute approximate surface area is 118 Å². The number of nitrogens with zero attached hydrogens (tertiary/aromatic N) is 3. The van der Waals surface area contributed by atoms with Crippen molar-refractivity contribution in [2.24, 2.45) is 0 Å². The van der Waals surface area contributed by atoms with Crippen LogP contribution < -0.4 is 0 Å². The van der Waals surface area contributed by atoms with Crippen LogP contribution in [-0.4, -0.2) is 4.98 Å². The fourth-order valence-electron chi connectivity index (χ4n) is 1.56. The first-order valence-corrected chi connectivity index (χ1v) is 6.93. The van der Waals surface area contributed by atoms with Gasteiger partial charge in [0.05, 0.1) is 26.4 Å². The molecule has 1 heterocycles. The van der Waals surface area contributed by atoms with Gasteiger partial charge >= 0.3 is 0 Å². The molecule has 0 saturated heterocycles. The minimum atomic E-state index is -0.0668. The number of fused-ring (bicyclic) bond motifs is 1. The maximum atomic E-state index is 9.21. The highest BCUT2D eigenvalue weighted by Crippen LogP contribution is 2.37. The van der Waals surface area contributed by atoms with E-state index in [1.165, 1.54) is 11.3 Å². The summed E-state index contributed by atoms with van der Waals surface area (Å²) in [6.45, 7) is 6.24. The molecule has 0 spiro atoms. The summed E-state index contributed by atoms with van der Waals surface area (Å²) in [6.07, 6.45) is 0. The number of hydrogen-bond acceptors (Lipinski definition) is 4. The number of hydrogen-bond donors (Lipinski definition) is 0. The van der Waals surface area contributed by atoms with Crippen LogP contribution in [0, 0.1) is 22.7 Å². The normalized spacial score (nSPS) is 11.2. The molecule has 0 radical (unpaired) electrons. The van der Waals surface area contributed by atoms with Crippen molar-refractivity contribution in [3.63, 3.8) is 0 Å². The summed E-state index contributed by atoms with van der Waals surface area (Å²) in [4.78, 5) is 4.58. The van der Waals surface area contributed by atoms with Crippen molar-refractivity contribution in [3.05, 3.63) is 26.7 Å². The Bertz CT molecular complexity index is 711. The number of rotatable bonds is 0. The lowest BCUT2D eigenvalue weighted by Gasteiger charge is -2.13. The molecule has 0 saturated carbocycles. The molecule has 0 amide bonds. The zero-order valence-corrected chi connectivity index (χ0v) is 12.6. The summed E-state index contributed by atoms with van der Waals surface area (Å²) < 4.78 is 1.55. The van der Waals surface area contributed by atoms with Crippen LogP contribution in [0.15, 0.2) is 10.5 Å². The van der Waals surface area contributed by atoms with Crippen molar-refractivity contribution in [1.82, 2.24) is 4.98 Å². The molecule has 90 valence electrons. The molecule has 0 unspecified atom stereocenters. The first-order valence-electron chi connectivity index (χ1n) is 5.32. The zero-order chi connectivity index (χ0) is 13.5. The van der Waals surface area contributed by atoms with Crippen molar-refractivity contribution < 1.29 is 0 Å². The molecule has 2 aromatic rings. The van der Waals surface area contributed by atoms with Crippen molar-refractivity contribution in [1.29, 1.82) is 10.5 Å². The van der Waals surface area contributed by atoms with Gasteiger partial charge in [0.15, 0.2) is 0 Å². The van der Waals surface area contributed by atoms with E-state index in [0.717, 1.165) is 19.7 Å². The van der Waals surface area contributed by atoms with Crippen LogP contribution in [0.4, 0.5) is 0 Å². The largest absolute Gasteiger partial charge is 0.239 e. The van der Waals surface area contributed by atoms with Gasteiger partial charge in [-0.3, -0.25) is 0 Å². The monoisotopic (exact) mass is 319 g/mol. The Morgan fingerprint density at radius 3 is 2.44 bits per heavy atom. The van der Waals surface area contributed by atoms with Gasteiger partial charge in [-0.25, -0.2) is 4.98 Å². The third kappa shape index (κ3) is 2.01. The fraction of sp³-hybridized carbons (Fsp3) is 0.308. The van der Waals surface area contributed by atoms with Crippen LogP contribution in [-0.2, 0) is 5.41 Å². The number of nitriles is 2. The molecule has 1 aromatic carbocycles. The second-order valence-corrected chi connectivity index (χ2v) is 6.80. The summed E-state index contributed by atoms with van der Waals surface area (Å²) >= 11 is 4.90. The number of benzene rings is 1. The molecule has 5 heteroatoms. The first kappa shape index (κ1) is 13.0. The highest BCUT2D eigenvalue weighted by Gasteiger charge is 2.22. The van der Waals surface area contributed by atoms with E-state index < -0.39 is 0 Å². The second kappa shape index (κ2) is 4.35. The average Bonchev–Trinajstić information content (AvgIpc) is 2.73. The van der Waals surface area contributed by atoms with Crippen LogP contribution in [0.3, 0.4) is 0 Å². The summed E-state index contributed by atoms with van der Waals surface area (Å²) in [5.74, 6) is 0. The predicted molar refractivity (Wildman–Crippen MR) is 75.5 cm³/mol. The highest BCUT2D eigenvalue weighted by atomic mass is 79.9. The molecule has 0 bridgehead atoms. The molecule has 0 aliphatic carbocycles. The van der Waals surface area contributed by atoms with Gasteiger partial charge in [0.25, 0.3) is 0 Å². The minimum Gasteiger partial charge on any atom is -0.239 e. The van der Waals surface area contributed by atoms with E-state index in [1.54, 1.807) is 6.07 Å². The van der Waals surface area contributed by atoms with E-state index in [0.29, 0.717) is 11.1 Å². The lowest BCUT2D eigenvalue weighted by atomic mass is 9.98. The fourth-order valence-corrected chi connectivity index (χ4v) is 3.35. The Morgan fingerprint density at radius 2 is 1.94 bits per heavy atom. The van der Waals surface area contributed by atoms with Gasteiger partial charge in [-0.1, -0.05) is 20.8 Å². The quantitative estimate of drug-likeness (QED) is 0.734. The van der Waals surface area contributed by atoms with Gasteiger partial charge in [-0.15, -0.1) is 11.3 Å². The van der Waals surface area contributed by atoms with Crippen molar-refractivity contribution in [3.8, 4) is 12.1 Å². The Balaban J connectivity index is 2.89. The lowest BCUT2D eigenvalue weighted by molar-refractivity contribution is 0.587. The molecule has 0 aliphatic rings. The van der Waals surface area contributed by atoms with Gasteiger partial charge in [-0.05, 0) is 22.0 Å². The van der Waals surface area contributed by atoms with Gasteiger partial charge in [0, 0.05) is 9.89 Å². The maximum absolute atomic E-state index is 9.21. The van der Waals surface area contributed by atoms with Crippen LogP contribution in [0.25, 0.3) is 10.2 Å². The van der Waals surface area contributed by atoms with E-state index in [2.05, 4.69) is 53.8 Å². The Hall–Kier alpha value is -1.43. The van der Waals surface area contributed by atoms with E-state index in [-0.39, 0.29) is 5.41 Å². The number of aromatic nitrogens is 1. The summed E-state index contributed by atoms with van der Waals surface area (Å²) in [5, 5.41) is 19.2. The molecular weight excluding hydrogens is 310 g/mol. The second-order valence-electron chi connectivity index (χ2n) is 4.95. The third-order valence-electron chi connectivity index (χ3n) is 2.49. The smallest absolute Gasteiger partial charge is 0.102 e. The van der Waals surface area contributed by atoms with Crippen LogP contribution >= 0.6 is 27.3 Å². The van der Waals surface area contributed by atoms with Crippen molar-refractivity contribution >= 4 is 37.5 Å². The molecule has 0 aliphatic heterocycles. The predicted octanol–water partition coefficient (Wildman–Crippen LogP) is 4.10. The first-order chi connectivity index (χ1) is 8.38. The third-order valence-corrected chi connectivity index (χ3v) is 4.60. The van der Waals surface area contributed by atoms with Crippen molar-refractivity contribution in [2.75, 3.05) is 0 Å². The zero-order valence-electron chi connectivity index (χ0n) is 10.2. The van der Waals surface area contributed by atoms with Crippen LogP contribution in [0.1, 0.15) is 36.9 Å². The van der Waals surface area contributed by atoms with Crippen molar-refractivity contribution in [2.45, 2.75) is 26.2 Å². The average molecular weight is 320 g/mol. The van der Waals surface area contributed by atoms with E-state index >= 15 is 0 Å². The SMILES string of the molecule is CC(C)(C)c1nc2c(Br)cc(C#N)c(C#N)c2s1. The van der Waals surface area contributed by atoms with E-state index in [4.69, 9.17) is 5.26 Å². The standard InChI is InChI=1S/C13H10BrN3S/c1-13(2,3)12-17-10-9(14)4-7(5-15)8(6-16)11(10)18-12/h4H,1-3H3. The molecule has 2 rings (SSSR count). The molecule has 18 heavy (non-hydrogen) atoms. The maximum Gasteiger partial charge on any atom is 0.102 e. The highest BCUT2D eigenvalue weighted by molar-refractivity contribution is 9.10. The van der Waals surface area contributed by atoms with Gasteiger partial charge in [-0.2, -0.15) is 10.5 Å². The molecule has 0 N–H and O–H groups in total. The summed E-state index contributed by atoms with van der Waals surface area (Å²) in [5.41, 5.74) is 1.51. The summed E-state index contributed by atoms with van der Waals surface area (Å²) in [7, 11) is 0. The summed E-state index contributed by atoms with van der Waals surface area (Å²) in [6, 6.07) is 5.82. The van der Waals surface area contributed by atoms with Gasteiger partial charge in [0.1, 0.15) is 12.1 Å². The Kier molecular flexibility index (Phi) is 3.14. The molecular formula is C13H10BrN3S. The number of halogens is 1. The molecule has 0 atom stereocenters. The molecule has 0 fully saturated rings. The van der Waals surface area contributed by atoms with E-state index in [9.17, 15) is 5.26 Å². The topological polar surface area (TPSA) is 60.5 Å². The molecule has 3 nitrogen and oxygen atoms in total. The van der Waals surface area contributed by atoms with Crippen LogP contribution in [0.5, 0.6) is 0 Å². The molecule has 1 aromatic heterocycles. The van der Waals surface area contributed by atoms with Crippen LogP contribution in [0.2, 0.25) is 0 Å². The number of thiazole rings is 1. The lowest BCUT2D eigenvalue weighted by Crippen LogP contribution is -2.09. The van der Waals surface area contributed by atoms with Gasteiger partial charge < -0.3 is 0 Å². The van der Waals surface area contributed by atoms with Gasteiger partial charge in [0.2, 0.25) is 0 Å².